The van der Waals surface area contributed by atoms with Crippen molar-refractivity contribution in [3.05, 3.63) is 12.4 Å². The second-order valence-electron chi connectivity index (χ2n) is 3.71. The lowest BCUT2D eigenvalue weighted by molar-refractivity contribution is 0.0989. The molecular formula is C10H17N3O. The fourth-order valence-corrected chi connectivity index (χ4v) is 0.887. The fourth-order valence-electron chi connectivity index (χ4n) is 0.887. The number of rotatable bonds is 4. The fraction of sp³-hybridized carbons (Fsp3) is 0.600. The first kappa shape index (κ1) is 10.8. The molecule has 0 unspecified atom stereocenters. The van der Waals surface area contributed by atoms with E-state index in [1.54, 1.807) is 6.07 Å². The van der Waals surface area contributed by atoms with E-state index in [4.69, 9.17) is 4.74 Å². The molecule has 4 nitrogen and oxygen atoms in total. The molecule has 1 aromatic rings. The van der Waals surface area contributed by atoms with Crippen molar-refractivity contribution < 1.29 is 4.74 Å². The van der Waals surface area contributed by atoms with Crippen LogP contribution in [0.2, 0.25) is 0 Å². The first-order valence-electron chi connectivity index (χ1n) is 4.76. The molecule has 0 bridgehead atoms. The van der Waals surface area contributed by atoms with Gasteiger partial charge in [0.15, 0.2) is 0 Å². The summed E-state index contributed by atoms with van der Waals surface area (Å²) in [6.07, 6.45) is 2.43. The summed E-state index contributed by atoms with van der Waals surface area (Å²) in [5, 5.41) is 2.94. The SMILES string of the molecule is CCC(C)(C)Oc1cc(NC)ncn1. The highest BCUT2D eigenvalue weighted by atomic mass is 16.5. The predicted molar refractivity (Wildman–Crippen MR) is 56.6 cm³/mol. The van der Waals surface area contributed by atoms with E-state index in [-0.39, 0.29) is 5.60 Å². The molecule has 0 saturated heterocycles. The van der Waals surface area contributed by atoms with Crippen LogP contribution < -0.4 is 10.1 Å². The first-order chi connectivity index (χ1) is 6.57. The summed E-state index contributed by atoms with van der Waals surface area (Å²) in [6, 6.07) is 1.79. The van der Waals surface area contributed by atoms with Gasteiger partial charge in [-0.05, 0) is 20.3 Å². The normalized spacial score (nSPS) is 11.1. The van der Waals surface area contributed by atoms with Crippen LogP contribution in [-0.4, -0.2) is 22.6 Å². The number of anilines is 1. The summed E-state index contributed by atoms with van der Waals surface area (Å²) in [5.41, 5.74) is -0.181. The van der Waals surface area contributed by atoms with E-state index < -0.39 is 0 Å². The number of aromatic nitrogens is 2. The van der Waals surface area contributed by atoms with Crippen molar-refractivity contribution in [2.45, 2.75) is 32.8 Å². The van der Waals surface area contributed by atoms with Gasteiger partial charge in [0.2, 0.25) is 5.88 Å². The van der Waals surface area contributed by atoms with Crippen molar-refractivity contribution in [2.24, 2.45) is 0 Å². The lowest BCUT2D eigenvalue weighted by Gasteiger charge is -2.23. The minimum Gasteiger partial charge on any atom is -0.472 e. The Bertz CT molecular complexity index is 299. The van der Waals surface area contributed by atoms with E-state index in [0.29, 0.717) is 5.88 Å². The van der Waals surface area contributed by atoms with Crippen molar-refractivity contribution in [2.75, 3.05) is 12.4 Å². The molecule has 1 aromatic heterocycles. The van der Waals surface area contributed by atoms with E-state index in [2.05, 4.69) is 22.2 Å². The van der Waals surface area contributed by atoms with Crippen molar-refractivity contribution in [3.63, 3.8) is 0 Å². The molecular weight excluding hydrogens is 178 g/mol. The van der Waals surface area contributed by atoms with Gasteiger partial charge in [-0.25, -0.2) is 9.97 Å². The van der Waals surface area contributed by atoms with Crippen LogP contribution in [0, 0.1) is 0 Å². The Kier molecular flexibility index (Phi) is 3.28. The summed E-state index contributed by atoms with van der Waals surface area (Å²) < 4.78 is 5.70. The lowest BCUT2D eigenvalue weighted by atomic mass is 10.1. The van der Waals surface area contributed by atoms with Gasteiger partial charge in [-0.2, -0.15) is 0 Å². The molecule has 0 aromatic carbocycles. The largest absolute Gasteiger partial charge is 0.472 e. The van der Waals surface area contributed by atoms with E-state index >= 15 is 0 Å². The van der Waals surface area contributed by atoms with Gasteiger partial charge in [0, 0.05) is 13.1 Å². The first-order valence-corrected chi connectivity index (χ1v) is 4.76. The van der Waals surface area contributed by atoms with Crippen LogP contribution >= 0.6 is 0 Å². The Morgan fingerprint density at radius 3 is 2.71 bits per heavy atom. The number of ether oxygens (including phenoxy) is 1. The molecule has 78 valence electrons. The third kappa shape index (κ3) is 2.87. The molecule has 1 N–H and O–H groups in total. The summed E-state index contributed by atoms with van der Waals surface area (Å²) in [5.74, 6) is 1.37. The van der Waals surface area contributed by atoms with Crippen LogP contribution in [0.1, 0.15) is 27.2 Å². The van der Waals surface area contributed by atoms with Gasteiger partial charge in [-0.3, -0.25) is 0 Å². The highest BCUT2D eigenvalue weighted by Gasteiger charge is 2.17. The van der Waals surface area contributed by atoms with Gasteiger partial charge in [0.25, 0.3) is 0 Å². The van der Waals surface area contributed by atoms with Crippen LogP contribution in [0.4, 0.5) is 5.82 Å². The zero-order valence-corrected chi connectivity index (χ0v) is 9.16. The number of hydrogen-bond donors (Lipinski definition) is 1. The molecule has 1 heterocycles. The van der Waals surface area contributed by atoms with Crippen LogP contribution in [-0.2, 0) is 0 Å². The summed E-state index contributed by atoms with van der Waals surface area (Å²) in [7, 11) is 1.82. The Hall–Kier alpha value is -1.32. The smallest absolute Gasteiger partial charge is 0.218 e. The Balaban J connectivity index is 2.76. The van der Waals surface area contributed by atoms with Crippen molar-refractivity contribution in [1.82, 2.24) is 9.97 Å². The maximum atomic E-state index is 5.70. The average Bonchev–Trinajstić information content (AvgIpc) is 2.17. The third-order valence-corrected chi connectivity index (χ3v) is 2.13. The van der Waals surface area contributed by atoms with Gasteiger partial charge in [0.05, 0.1) is 0 Å². The summed E-state index contributed by atoms with van der Waals surface area (Å²) in [4.78, 5) is 8.06. The van der Waals surface area contributed by atoms with Crippen molar-refractivity contribution in [1.29, 1.82) is 0 Å². The highest BCUT2D eigenvalue weighted by molar-refractivity contribution is 5.36. The summed E-state index contributed by atoms with van der Waals surface area (Å²) >= 11 is 0. The quantitative estimate of drug-likeness (QED) is 0.799. The van der Waals surface area contributed by atoms with Gasteiger partial charge in [-0.1, -0.05) is 6.92 Å². The second-order valence-corrected chi connectivity index (χ2v) is 3.71. The molecule has 0 radical (unpaired) electrons. The monoisotopic (exact) mass is 195 g/mol. The third-order valence-electron chi connectivity index (χ3n) is 2.13. The molecule has 14 heavy (non-hydrogen) atoms. The molecule has 4 heteroatoms. The zero-order chi connectivity index (χ0) is 10.6. The highest BCUT2D eigenvalue weighted by Crippen LogP contribution is 2.19. The van der Waals surface area contributed by atoms with Gasteiger partial charge >= 0.3 is 0 Å². The lowest BCUT2D eigenvalue weighted by Crippen LogP contribution is -2.27. The maximum absolute atomic E-state index is 5.70. The molecule has 0 amide bonds. The van der Waals surface area contributed by atoms with Crippen LogP contribution in [0.3, 0.4) is 0 Å². The Morgan fingerprint density at radius 1 is 1.43 bits per heavy atom. The average molecular weight is 195 g/mol. The Labute approximate surface area is 84.7 Å². The topological polar surface area (TPSA) is 47.0 Å². The van der Waals surface area contributed by atoms with E-state index in [1.165, 1.54) is 6.33 Å². The molecule has 0 aliphatic heterocycles. The van der Waals surface area contributed by atoms with Crippen LogP contribution in [0.25, 0.3) is 0 Å². The van der Waals surface area contributed by atoms with Crippen molar-refractivity contribution in [3.8, 4) is 5.88 Å². The molecule has 0 atom stereocenters. The van der Waals surface area contributed by atoms with Crippen LogP contribution in [0.15, 0.2) is 12.4 Å². The minimum absolute atomic E-state index is 0.181. The Morgan fingerprint density at radius 2 is 2.14 bits per heavy atom. The molecule has 0 aliphatic carbocycles. The van der Waals surface area contributed by atoms with Crippen molar-refractivity contribution >= 4 is 5.82 Å². The minimum atomic E-state index is -0.181. The molecule has 0 aliphatic rings. The van der Waals surface area contributed by atoms with E-state index in [0.717, 1.165) is 12.2 Å². The summed E-state index contributed by atoms with van der Waals surface area (Å²) in [6.45, 7) is 6.16. The van der Waals surface area contributed by atoms with Gasteiger partial charge < -0.3 is 10.1 Å². The van der Waals surface area contributed by atoms with E-state index in [9.17, 15) is 0 Å². The second kappa shape index (κ2) is 4.26. The molecule has 0 spiro atoms. The molecule has 0 saturated carbocycles. The van der Waals surface area contributed by atoms with Gasteiger partial charge in [0.1, 0.15) is 17.7 Å². The maximum Gasteiger partial charge on any atom is 0.218 e. The molecule has 0 fully saturated rings. The number of nitrogens with zero attached hydrogens (tertiary/aromatic N) is 2. The number of nitrogens with one attached hydrogen (secondary N) is 1. The van der Waals surface area contributed by atoms with Gasteiger partial charge in [-0.15, -0.1) is 0 Å². The zero-order valence-electron chi connectivity index (χ0n) is 9.16. The standard InChI is InChI=1S/C10H17N3O/c1-5-10(2,3)14-9-6-8(11-4)12-7-13-9/h6-7H,5H2,1-4H3,(H,11,12,13). The number of hydrogen-bond acceptors (Lipinski definition) is 4. The van der Waals surface area contributed by atoms with E-state index in [1.807, 2.05) is 20.9 Å². The van der Waals surface area contributed by atoms with Crippen LogP contribution in [0.5, 0.6) is 5.88 Å². The molecule has 1 rings (SSSR count). The predicted octanol–water partition coefficient (Wildman–Crippen LogP) is 2.09.